The number of benzene rings is 1. The summed E-state index contributed by atoms with van der Waals surface area (Å²) in [6.45, 7) is 7.94. The highest BCUT2D eigenvalue weighted by atomic mass is 35.5. The van der Waals surface area contributed by atoms with Gasteiger partial charge in [-0.25, -0.2) is 0 Å². The van der Waals surface area contributed by atoms with E-state index < -0.39 is 6.10 Å². The van der Waals surface area contributed by atoms with Gasteiger partial charge in [0.05, 0.1) is 6.10 Å². The fourth-order valence-electron chi connectivity index (χ4n) is 2.57. The van der Waals surface area contributed by atoms with Crippen LogP contribution in [0.2, 0.25) is 5.02 Å². The number of aliphatic hydroxyl groups excluding tert-OH is 1. The van der Waals surface area contributed by atoms with Gasteiger partial charge in [-0.05, 0) is 55.5 Å². The van der Waals surface area contributed by atoms with Gasteiger partial charge >= 0.3 is 0 Å². The van der Waals surface area contributed by atoms with Crippen LogP contribution in [0.25, 0.3) is 0 Å². The molecule has 2 rings (SSSR count). The Bertz CT molecular complexity index is 409. The van der Waals surface area contributed by atoms with Gasteiger partial charge in [-0.2, -0.15) is 0 Å². The van der Waals surface area contributed by atoms with Gasteiger partial charge in [0.15, 0.2) is 0 Å². The van der Waals surface area contributed by atoms with Crippen LogP contribution in [-0.2, 0) is 0 Å². The van der Waals surface area contributed by atoms with Crippen molar-refractivity contribution in [3.63, 3.8) is 0 Å². The molecular formula is C16H24ClNO. The molecule has 1 aromatic carbocycles. The number of hydrogen-bond acceptors (Lipinski definition) is 2. The Hall–Kier alpha value is -0.570. The van der Waals surface area contributed by atoms with Gasteiger partial charge in [0.1, 0.15) is 0 Å². The normalized spacial score (nSPS) is 21.3. The Morgan fingerprint density at radius 2 is 2.00 bits per heavy atom. The van der Waals surface area contributed by atoms with E-state index >= 15 is 0 Å². The first kappa shape index (κ1) is 14.8. The number of rotatable bonds is 4. The van der Waals surface area contributed by atoms with Crippen LogP contribution in [0.3, 0.4) is 0 Å². The zero-order valence-electron chi connectivity index (χ0n) is 11.9. The second-order valence-corrected chi connectivity index (χ2v) is 6.80. The molecule has 1 unspecified atom stereocenters. The summed E-state index contributed by atoms with van der Waals surface area (Å²) in [5, 5.41) is 10.9. The van der Waals surface area contributed by atoms with Crippen LogP contribution < -0.4 is 0 Å². The van der Waals surface area contributed by atoms with E-state index in [4.69, 9.17) is 11.6 Å². The molecule has 0 radical (unpaired) electrons. The highest BCUT2D eigenvalue weighted by Gasteiger charge is 2.25. The smallest absolute Gasteiger partial charge is 0.0802 e. The molecule has 1 fully saturated rings. The maximum absolute atomic E-state index is 10.2. The molecule has 0 spiro atoms. The van der Waals surface area contributed by atoms with Crippen molar-refractivity contribution in [2.24, 2.45) is 5.41 Å². The Morgan fingerprint density at radius 1 is 1.32 bits per heavy atom. The molecule has 0 saturated carbocycles. The molecule has 0 amide bonds. The molecule has 0 aliphatic carbocycles. The van der Waals surface area contributed by atoms with Gasteiger partial charge in [-0.1, -0.05) is 37.6 Å². The molecule has 2 nitrogen and oxygen atoms in total. The van der Waals surface area contributed by atoms with E-state index in [9.17, 15) is 5.11 Å². The van der Waals surface area contributed by atoms with Crippen LogP contribution in [0.5, 0.6) is 0 Å². The lowest BCUT2D eigenvalue weighted by Gasteiger charge is -2.37. The molecule has 1 aromatic rings. The fraction of sp³-hybridized carbons (Fsp3) is 0.625. The lowest BCUT2D eigenvalue weighted by Crippen LogP contribution is -2.38. The monoisotopic (exact) mass is 281 g/mol. The Kier molecular flexibility index (Phi) is 4.88. The average molecular weight is 282 g/mol. The van der Waals surface area contributed by atoms with Crippen molar-refractivity contribution in [3.05, 3.63) is 34.9 Å². The van der Waals surface area contributed by atoms with Crippen LogP contribution in [0.15, 0.2) is 24.3 Å². The molecule has 3 heteroatoms. The molecule has 1 aliphatic heterocycles. The van der Waals surface area contributed by atoms with Crippen molar-refractivity contribution in [3.8, 4) is 0 Å². The fourth-order valence-corrected chi connectivity index (χ4v) is 2.77. The van der Waals surface area contributed by atoms with Crippen molar-refractivity contribution < 1.29 is 5.11 Å². The quantitative estimate of drug-likeness (QED) is 0.905. The topological polar surface area (TPSA) is 23.5 Å². The zero-order chi connectivity index (χ0) is 13.9. The minimum absolute atomic E-state index is 0.409. The summed E-state index contributed by atoms with van der Waals surface area (Å²) in [7, 11) is 0. The van der Waals surface area contributed by atoms with Crippen LogP contribution >= 0.6 is 11.6 Å². The van der Waals surface area contributed by atoms with Crippen LogP contribution in [0, 0.1) is 5.41 Å². The van der Waals surface area contributed by atoms with Crippen LogP contribution in [0.1, 0.15) is 44.8 Å². The molecule has 1 atom stereocenters. The second-order valence-electron chi connectivity index (χ2n) is 6.37. The summed E-state index contributed by atoms with van der Waals surface area (Å²) < 4.78 is 0. The third kappa shape index (κ3) is 4.48. The molecule has 19 heavy (non-hydrogen) atoms. The highest BCUT2D eigenvalue weighted by molar-refractivity contribution is 6.30. The van der Waals surface area contributed by atoms with Gasteiger partial charge in [-0.15, -0.1) is 0 Å². The number of nitrogens with zero attached hydrogens (tertiary/aromatic N) is 1. The second kappa shape index (κ2) is 6.25. The molecule has 1 N–H and O–H groups in total. The van der Waals surface area contributed by atoms with Crippen molar-refractivity contribution in [2.75, 3.05) is 19.6 Å². The summed E-state index contributed by atoms with van der Waals surface area (Å²) >= 11 is 5.95. The van der Waals surface area contributed by atoms with Gasteiger partial charge < -0.3 is 10.0 Å². The number of aliphatic hydroxyl groups is 1. The maximum atomic E-state index is 10.2. The van der Waals surface area contributed by atoms with Crippen molar-refractivity contribution in [1.82, 2.24) is 4.90 Å². The molecule has 1 saturated heterocycles. The first-order valence-corrected chi connectivity index (χ1v) is 7.50. The summed E-state index contributed by atoms with van der Waals surface area (Å²) in [6.07, 6.45) is 2.87. The lowest BCUT2D eigenvalue weighted by atomic mass is 9.82. The first-order chi connectivity index (χ1) is 8.96. The molecule has 1 heterocycles. The summed E-state index contributed by atoms with van der Waals surface area (Å²) in [5.41, 5.74) is 1.41. The molecule has 106 valence electrons. The lowest BCUT2D eigenvalue weighted by molar-refractivity contribution is 0.101. The van der Waals surface area contributed by atoms with Gasteiger partial charge in [0, 0.05) is 11.6 Å². The largest absolute Gasteiger partial charge is 0.388 e. The number of hydrogen-bond donors (Lipinski definition) is 1. The minimum Gasteiger partial charge on any atom is -0.388 e. The van der Waals surface area contributed by atoms with E-state index in [-0.39, 0.29) is 0 Å². The Labute approximate surface area is 121 Å². The summed E-state index contributed by atoms with van der Waals surface area (Å²) in [6, 6.07) is 7.52. The number of likely N-dealkylation sites (tertiary alicyclic amines) is 1. The Morgan fingerprint density at radius 3 is 2.63 bits per heavy atom. The molecule has 0 aromatic heterocycles. The van der Waals surface area contributed by atoms with Gasteiger partial charge in [0.2, 0.25) is 0 Å². The predicted octanol–water partition coefficient (Wildman–Crippen LogP) is 3.89. The maximum Gasteiger partial charge on any atom is 0.0802 e. The Balaban J connectivity index is 1.80. The first-order valence-electron chi connectivity index (χ1n) is 7.12. The van der Waals surface area contributed by atoms with Gasteiger partial charge in [-0.3, -0.25) is 0 Å². The van der Waals surface area contributed by atoms with E-state index in [0.717, 1.165) is 31.6 Å². The molecular weight excluding hydrogens is 258 g/mol. The summed E-state index contributed by atoms with van der Waals surface area (Å²) in [4.78, 5) is 2.46. The zero-order valence-corrected chi connectivity index (χ0v) is 12.7. The van der Waals surface area contributed by atoms with E-state index in [2.05, 4.69) is 18.7 Å². The molecule has 0 bridgehead atoms. The SMILES string of the molecule is CC1(C)CCN(CCC(O)c2cccc(Cl)c2)CC1. The number of halogens is 1. The van der Waals surface area contributed by atoms with Crippen molar-refractivity contribution >= 4 is 11.6 Å². The van der Waals surface area contributed by atoms with E-state index in [1.807, 2.05) is 24.3 Å². The van der Waals surface area contributed by atoms with E-state index in [0.29, 0.717) is 10.4 Å². The van der Waals surface area contributed by atoms with E-state index in [1.54, 1.807) is 0 Å². The molecule has 1 aliphatic rings. The third-order valence-corrected chi connectivity index (χ3v) is 4.40. The van der Waals surface area contributed by atoms with Crippen molar-refractivity contribution in [1.29, 1.82) is 0 Å². The highest BCUT2D eigenvalue weighted by Crippen LogP contribution is 2.30. The third-order valence-electron chi connectivity index (χ3n) is 4.16. The predicted molar refractivity (Wildman–Crippen MR) is 80.5 cm³/mol. The number of piperidine rings is 1. The summed E-state index contributed by atoms with van der Waals surface area (Å²) in [5.74, 6) is 0. The van der Waals surface area contributed by atoms with Crippen LogP contribution in [-0.4, -0.2) is 29.6 Å². The van der Waals surface area contributed by atoms with Crippen LogP contribution in [0.4, 0.5) is 0 Å². The van der Waals surface area contributed by atoms with Gasteiger partial charge in [0.25, 0.3) is 0 Å². The van der Waals surface area contributed by atoms with Crippen molar-refractivity contribution in [2.45, 2.75) is 39.2 Å². The minimum atomic E-state index is -0.409. The standard InChI is InChI=1S/C16H24ClNO/c1-16(2)7-10-18(11-8-16)9-6-15(19)13-4-3-5-14(17)12-13/h3-5,12,15,19H,6-11H2,1-2H3. The average Bonchev–Trinajstić information content (AvgIpc) is 2.37. The van der Waals surface area contributed by atoms with E-state index in [1.165, 1.54) is 12.8 Å².